The second-order valence-electron chi connectivity index (χ2n) is 5.49. The summed E-state index contributed by atoms with van der Waals surface area (Å²) in [5.74, 6) is 0.287. The second-order valence-corrected chi connectivity index (χ2v) is 7.75. The molecule has 3 aliphatic heterocycles. The number of hydrogen-bond acceptors (Lipinski definition) is 5. The maximum Gasteiger partial charge on any atom is 0.147 e. The molecule has 2 bridgehead atoms. The van der Waals surface area contributed by atoms with Crippen molar-refractivity contribution in [2.75, 3.05) is 51.3 Å². The molecule has 3 aliphatic rings. The molecule has 0 spiro atoms. The highest BCUT2D eigenvalue weighted by Crippen LogP contribution is 2.20. The van der Waals surface area contributed by atoms with Gasteiger partial charge in [-0.15, -0.1) is 0 Å². The molecule has 0 saturated carbocycles. The van der Waals surface area contributed by atoms with Crippen molar-refractivity contribution in [2.45, 2.75) is 25.4 Å². The summed E-state index contributed by atoms with van der Waals surface area (Å²) in [4.78, 5) is 5.02. The van der Waals surface area contributed by atoms with Crippen molar-refractivity contribution in [1.29, 1.82) is 0 Å². The number of rotatable bonds is 6. The van der Waals surface area contributed by atoms with Crippen LogP contribution in [0.25, 0.3) is 0 Å². The Morgan fingerprint density at radius 1 is 1.28 bits per heavy atom. The molecule has 0 radical (unpaired) electrons. The molecule has 3 heterocycles. The summed E-state index contributed by atoms with van der Waals surface area (Å²) >= 11 is 0. The van der Waals surface area contributed by atoms with E-state index in [2.05, 4.69) is 22.0 Å². The van der Waals surface area contributed by atoms with Gasteiger partial charge in [0, 0.05) is 51.1 Å². The molecule has 18 heavy (non-hydrogen) atoms. The third-order valence-corrected chi connectivity index (χ3v) is 5.03. The summed E-state index contributed by atoms with van der Waals surface area (Å²) in [6.07, 6.45) is 2.05. The van der Waals surface area contributed by atoms with Crippen LogP contribution in [0.15, 0.2) is 0 Å². The fourth-order valence-corrected chi connectivity index (χ4v) is 3.76. The van der Waals surface area contributed by atoms with Gasteiger partial charge in [0.15, 0.2) is 0 Å². The normalized spacial score (nSPS) is 33.6. The molecule has 0 amide bonds. The van der Waals surface area contributed by atoms with Gasteiger partial charge < -0.3 is 5.32 Å². The van der Waals surface area contributed by atoms with E-state index in [0.29, 0.717) is 12.1 Å². The SMILES string of the molecule is CCNC(CCS(C)(=O)=O)C1CN2CCN1CC2. The lowest BCUT2D eigenvalue weighted by Gasteiger charge is -2.50. The molecular weight excluding hydrogens is 250 g/mol. The first-order valence-electron chi connectivity index (χ1n) is 6.87. The van der Waals surface area contributed by atoms with Crippen molar-refractivity contribution < 1.29 is 8.42 Å². The highest BCUT2D eigenvalue weighted by molar-refractivity contribution is 7.90. The third-order valence-electron chi connectivity index (χ3n) is 4.05. The highest BCUT2D eigenvalue weighted by Gasteiger charge is 2.36. The van der Waals surface area contributed by atoms with Crippen LogP contribution in [0, 0.1) is 0 Å². The Labute approximate surface area is 110 Å². The van der Waals surface area contributed by atoms with Crippen LogP contribution in [0.2, 0.25) is 0 Å². The monoisotopic (exact) mass is 275 g/mol. The summed E-state index contributed by atoms with van der Waals surface area (Å²) < 4.78 is 22.7. The van der Waals surface area contributed by atoms with Crippen molar-refractivity contribution in [1.82, 2.24) is 15.1 Å². The lowest BCUT2D eigenvalue weighted by molar-refractivity contribution is -0.00336. The summed E-state index contributed by atoms with van der Waals surface area (Å²) in [5, 5.41) is 3.48. The molecule has 0 aromatic heterocycles. The zero-order chi connectivity index (χ0) is 13.2. The van der Waals surface area contributed by atoms with E-state index in [-0.39, 0.29) is 5.75 Å². The van der Waals surface area contributed by atoms with Crippen LogP contribution in [-0.4, -0.2) is 81.6 Å². The third kappa shape index (κ3) is 3.66. The minimum atomic E-state index is -2.86. The van der Waals surface area contributed by atoms with Gasteiger partial charge in [-0.25, -0.2) is 8.42 Å². The van der Waals surface area contributed by atoms with Gasteiger partial charge >= 0.3 is 0 Å². The van der Waals surface area contributed by atoms with Crippen LogP contribution >= 0.6 is 0 Å². The maximum atomic E-state index is 11.3. The van der Waals surface area contributed by atoms with Crippen molar-refractivity contribution in [3.05, 3.63) is 0 Å². The Kier molecular flexibility index (Phi) is 4.64. The quantitative estimate of drug-likeness (QED) is 0.701. The smallest absolute Gasteiger partial charge is 0.147 e. The Morgan fingerprint density at radius 3 is 2.39 bits per heavy atom. The largest absolute Gasteiger partial charge is 0.313 e. The summed E-state index contributed by atoms with van der Waals surface area (Å²) in [6, 6.07) is 0.780. The van der Waals surface area contributed by atoms with E-state index >= 15 is 0 Å². The van der Waals surface area contributed by atoms with Gasteiger partial charge in [0.05, 0.1) is 5.75 Å². The van der Waals surface area contributed by atoms with E-state index in [1.54, 1.807) is 0 Å². The number of piperazine rings is 3. The Balaban J connectivity index is 1.96. The zero-order valence-corrected chi connectivity index (χ0v) is 12.2. The molecule has 6 heteroatoms. The predicted molar refractivity (Wildman–Crippen MR) is 73.6 cm³/mol. The minimum absolute atomic E-state index is 0.287. The zero-order valence-electron chi connectivity index (χ0n) is 11.4. The number of fused-ring (bicyclic) bond motifs is 3. The first-order valence-corrected chi connectivity index (χ1v) is 8.93. The first-order chi connectivity index (χ1) is 8.49. The fraction of sp³-hybridized carbons (Fsp3) is 1.00. The van der Waals surface area contributed by atoms with Gasteiger partial charge in [0.1, 0.15) is 9.84 Å². The molecule has 3 fully saturated rings. The second kappa shape index (κ2) is 5.86. The van der Waals surface area contributed by atoms with Crippen molar-refractivity contribution in [3.8, 4) is 0 Å². The molecule has 3 rings (SSSR count). The number of likely N-dealkylation sites (N-methyl/N-ethyl adjacent to an activating group) is 1. The maximum absolute atomic E-state index is 11.3. The minimum Gasteiger partial charge on any atom is -0.313 e. The van der Waals surface area contributed by atoms with E-state index in [9.17, 15) is 8.42 Å². The van der Waals surface area contributed by atoms with Crippen molar-refractivity contribution >= 4 is 9.84 Å². The van der Waals surface area contributed by atoms with Gasteiger partial charge in [-0.2, -0.15) is 0 Å². The average Bonchev–Trinajstić information content (AvgIpc) is 2.34. The number of nitrogens with zero attached hydrogens (tertiary/aromatic N) is 2. The first kappa shape index (κ1) is 14.2. The molecule has 106 valence electrons. The average molecular weight is 275 g/mol. The summed E-state index contributed by atoms with van der Waals surface area (Å²) in [6.45, 7) is 8.67. The summed E-state index contributed by atoms with van der Waals surface area (Å²) in [7, 11) is -2.86. The molecule has 2 unspecified atom stereocenters. The highest BCUT2D eigenvalue weighted by atomic mass is 32.2. The van der Waals surface area contributed by atoms with Crippen LogP contribution < -0.4 is 5.32 Å². The van der Waals surface area contributed by atoms with E-state index in [0.717, 1.165) is 32.6 Å². The topological polar surface area (TPSA) is 52.7 Å². The van der Waals surface area contributed by atoms with Crippen molar-refractivity contribution in [2.24, 2.45) is 0 Å². The Morgan fingerprint density at radius 2 is 1.94 bits per heavy atom. The van der Waals surface area contributed by atoms with Crippen LogP contribution in [0.5, 0.6) is 0 Å². The molecule has 5 nitrogen and oxygen atoms in total. The predicted octanol–water partition coefficient (Wildman–Crippen LogP) is -0.601. The van der Waals surface area contributed by atoms with Crippen LogP contribution in [-0.2, 0) is 9.84 Å². The van der Waals surface area contributed by atoms with E-state index in [4.69, 9.17) is 0 Å². The molecule has 1 N–H and O–H groups in total. The van der Waals surface area contributed by atoms with Gasteiger partial charge in [0.25, 0.3) is 0 Å². The molecule has 3 saturated heterocycles. The van der Waals surface area contributed by atoms with Crippen LogP contribution in [0.4, 0.5) is 0 Å². The lowest BCUT2D eigenvalue weighted by Crippen LogP contribution is -2.66. The van der Waals surface area contributed by atoms with Gasteiger partial charge in [-0.05, 0) is 13.0 Å². The van der Waals surface area contributed by atoms with Crippen LogP contribution in [0.3, 0.4) is 0 Å². The van der Waals surface area contributed by atoms with Crippen LogP contribution in [0.1, 0.15) is 13.3 Å². The summed E-state index contributed by atoms with van der Waals surface area (Å²) in [5.41, 5.74) is 0. The Bertz CT molecular complexity index is 364. The molecular formula is C12H25N3O2S. The van der Waals surface area contributed by atoms with E-state index in [1.807, 2.05) is 0 Å². The lowest BCUT2D eigenvalue weighted by atomic mass is 9.98. The number of hydrogen-bond donors (Lipinski definition) is 1. The molecule has 0 aromatic carbocycles. The van der Waals surface area contributed by atoms with Gasteiger partial charge in [-0.3, -0.25) is 9.80 Å². The Hall–Kier alpha value is -0.170. The number of sulfone groups is 1. The fourth-order valence-electron chi connectivity index (χ4n) is 3.07. The number of nitrogens with one attached hydrogen (secondary N) is 1. The van der Waals surface area contributed by atoms with Gasteiger partial charge in [0.2, 0.25) is 0 Å². The van der Waals surface area contributed by atoms with Gasteiger partial charge in [-0.1, -0.05) is 6.92 Å². The van der Waals surface area contributed by atoms with E-state index < -0.39 is 9.84 Å². The van der Waals surface area contributed by atoms with E-state index in [1.165, 1.54) is 19.3 Å². The molecule has 0 aromatic rings. The standard InChI is InChI=1S/C12H25N3O2S/c1-3-13-11(4-9-18(2,16)17)12-10-14-5-7-15(12)8-6-14/h11-13H,3-10H2,1-2H3. The molecule has 2 atom stereocenters. The molecule has 0 aliphatic carbocycles. The van der Waals surface area contributed by atoms with Crippen molar-refractivity contribution in [3.63, 3.8) is 0 Å².